The lowest BCUT2D eigenvalue weighted by molar-refractivity contribution is 0.389. The molecule has 0 spiro atoms. The molecule has 0 radical (unpaired) electrons. The number of hydrogen-bond donors (Lipinski definition) is 1. The average Bonchev–Trinajstić information content (AvgIpc) is 2.90. The lowest BCUT2D eigenvalue weighted by Gasteiger charge is -2.13. The van der Waals surface area contributed by atoms with E-state index < -0.39 is 0 Å². The minimum Gasteiger partial charge on any atom is -0.481 e. The lowest BCUT2D eigenvalue weighted by Crippen LogP contribution is -2.17. The summed E-state index contributed by atoms with van der Waals surface area (Å²) in [6, 6.07) is 8.51. The molecule has 0 fully saturated rings. The predicted octanol–water partition coefficient (Wildman–Crippen LogP) is 3.00. The van der Waals surface area contributed by atoms with Crippen molar-refractivity contribution in [3.63, 3.8) is 0 Å². The van der Waals surface area contributed by atoms with Crippen molar-refractivity contribution >= 4 is 11.3 Å². The SMILES string of the molecule is COc1ncccc1CNC(C)c1cccs1. The Morgan fingerprint density at radius 2 is 2.29 bits per heavy atom. The second kappa shape index (κ2) is 5.80. The van der Waals surface area contributed by atoms with Crippen molar-refractivity contribution < 1.29 is 4.74 Å². The Balaban J connectivity index is 1.98. The highest BCUT2D eigenvalue weighted by atomic mass is 32.1. The van der Waals surface area contributed by atoms with E-state index in [1.165, 1.54) is 4.88 Å². The molecular weight excluding hydrogens is 232 g/mol. The largest absolute Gasteiger partial charge is 0.481 e. The number of ether oxygens (including phenoxy) is 1. The maximum Gasteiger partial charge on any atom is 0.217 e. The normalized spacial score (nSPS) is 12.4. The molecule has 0 bridgehead atoms. The maximum absolute atomic E-state index is 5.22. The Morgan fingerprint density at radius 1 is 1.41 bits per heavy atom. The van der Waals surface area contributed by atoms with Gasteiger partial charge in [-0.3, -0.25) is 0 Å². The second-order valence-corrected chi connectivity index (χ2v) is 4.77. The molecule has 17 heavy (non-hydrogen) atoms. The number of nitrogens with one attached hydrogen (secondary N) is 1. The molecule has 90 valence electrons. The van der Waals surface area contributed by atoms with Crippen LogP contribution in [0.1, 0.15) is 23.4 Å². The fraction of sp³-hybridized carbons (Fsp3) is 0.308. The van der Waals surface area contributed by atoms with Gasteiger partial charge in [0.2, 0.25) is 5.88 Å². The third-order valence-electron chi connectivity index (χ3n) is 2.61. The number of hydrogen-bond acceptors (Lipinski definition) is 4. The monoisotopic (exact) mass is 248 g/mol. The summed E-state index contributed by atoms with van der Waals surface area (Å²) in [5, 5.41) is 5.56. The predicted molar refractivity (Wildman–Crippen MR) is 70.4 cm³/mol. The summed E-state index contributed by atoms with van der Waals surface area (Å²) < 4.78 is 5.22. The first-order valence-corrected chi connectivity index (χ1v) is 6.44. The third-order valence-corrected chi connectivity index (χ3v) is 3.67. The minimum atomic E-state index is 0.347. The van der Waals surface area contributed by atoms with Crippen LogP contribution < -0.4 is 10.1 Å². The van der Waals surface area contributed by atoms with Crippen LogP contribution in [0.5, 0.6) is 5.88 Å². The zero-order valence-electron chi connectivity index (χ0n) is 10.0. The molecule has 2 heterocycles. The molecule has 0 saturated heterocycles. The molecular formula is C13H16N2OS. The Morgan fingerprint density at radius 3 is 3.00 bits per heavy atom. The molecule has 0 aromatic carbocycles. The standard InChI is InChI=1S/C13H16N2OS/c1-10(12-6-4-8-17-12)15-9-11-5-3-7-14-13(11)16-2/h3-8,10,15H,9H2,1-2H3. The van der Waals surface area contributed by atoms with Gasteiger partial charge in [-0.15, -0.1) is 11.3 Å². The van der Waals surface area contributed by atoms with Crippen molar-refractivity contribution in [2.75, 3.05) is 7.11 Å². The van der Waals surface area contributed by atoms with Crippen molar-refractivity contribution in [3.05, 3.63) is 46.3 Å². The molecule has 0 aliphatic carbocycles. The summed E-state index contributed by atoms with van der Waals surface area (Å²) in [5.41, 5.74) is 1.08. The van der Waals surface area contributed by atoms with E-state index in [2.05, 4.69) is 34.7 Å². The van der Waals surface area contributed by atoms with Crippen molar-refractivity contribution in [1.29, 1.82) is 0 Å². The minimum absolute atomic E-state index is 0.347. The number of aromatic nitrogens is 1. The summed E-state index contributed by atoms with van der Waals surface area (Å²) in [6.07, 6.45) is 1.74. The van der Waals surface area contributed by atoms with Gasteiger partial charge in [0.05, 0.1) is 7.11 Å². The topological polar surface area (TPSA) is 34.1 Å². The van der Waals surface area contributed by atoms with Gasteiger partial charge in [-0.25, -0.2) is 4.98 Å². The molecule has 0 saturated carbocycles. The van der Waals surface area contributed by atoms with E-state index in [4.69, 9.17) is 4.74 Å². The number of thiophene rings is 1. The molecule has 2 rings (SSSR count). The van der Waals surface area contributed by atoms with E-state index in [0.29, 0.717) is 11.9 Å². The van der Waals surface area contributed by atoms with Crippen molar-refractivity contribution in [3.8, 4) is 5.88 Å². The average molecular weight is 248 g/mol. The van der Waals surface area contributed by atoms with Gasteiger partial charge >= 0.3 is 0 Å². The number of nitrogens with zero attached hydrogens (tertiary/aromatic N) is 1. The number of methoxy groups -OCH3 is 1. The summed E-state index contributed by atoms with van der Waals surface area (Å²) in [5.74, 6) is 0.693. The number of rotatable bonds is 5. The highest BCUT2D eigenvalue weighted by Crippen LogP contribution is 2.20. The van der Waals surface area contributed by atoms with Crippen LogP contribution in [0.3, 0.4) is 0 Å². The van der Waals surface area contributed by atoms with E-state index in [0.717, 1.165) is 12.1 Å². The van der Waals surface area contributed by atoms with Crippen molar-refractivity contribution in [1.82, 2.24) is 10.3 Å². The second-order valence-electron chi connectivity index (χ2n) is 3.79. The zero-order chi connectivity index (χ0) is 12.1. The molecule has 2 aromatic rings. The van der Waals surface area contributed by atoms with E-state index in [9.17, 15) is 0 Å². The smallest absolute Gasteiger partial charge is 0.217 e. The molecule has 4 heteroatoms. The van der Waals surface area contributed by atoms with E-state index >= 15 is 0 Å². The first kappa shape index (κ1) is 12.1. The van der Waals surface area contributed by atoms with Gasteiger partial charge < -0.3 is 10.1 Å². The van der Waals surface area contributed by atoms with Crippen LogP contribution in [-0.2, 0) is 6.54 Å². The lowest BCUT2D eigenvalue weighted by atomic mass is 10.2. The van der Waals surface area contributed by atoms with E-state index in [1.54, 1.807) is 24.6 Å². The van der Waals surface area contributed by atoms with Crippen LogP contribution in [0.15, 0.2) is 35.8 Å². The Labute approximate surface area is 105 Å². The summed E-state index contributed by atoms with van der Waals surface area (Å²) in [7, 11) is 1.65. The highest BCUT2D eigenvalue weighted by Gasteiger charge is 2.08. The molecule has 1 N–H and O–H groups in total. The Kier molecular flexibility index (Phi) is 4.12. The molecule has 0 amide bonds. The van der Waals surface area contributed by atoms with Crippen LogP contribution in [0.2, 0.25) is 0 Å². The molecule has 1 atom stereocenters. The van der Waals surface area contributed by atoms with Crippen LogP contribution in [0.25, 0.3) is 0 Å². The highest BCUT2D eigenvalue weighted by molar-refractivity contribution is 7.10. The first-order valence-electron chi connectivity index (χ1n) is 5.56. The quantitative estimate of drug-likeness (QED) is 0.883. The Bertz CT molecular complexity index is 456. The third kappa shape index (κ3) is 3.05. The fourth-order valence-electron chi connectivity index (χ4n) is 1.64. The van der Waals surface area contributed by atoms with Gasteiger partial charge in [0.25, 0.3) is 0 Å². The van der Waals surface area contributed by atoms with Gasteiger partial charge in [0, 0.05) is 29.2 Å². The molecule has 0 aliphatic heterocycles. The summed E-state index contributed by atoms with van der Waals surface area (Å²) >= 11 is 1.77. The van der Waals surface area contributed by atoms with Crippen molar-refractivity contribution in [2.24, 2.45) is 0 Å². The first-order chi connectivity index (χ1) is 8.31. The maximum atomic E-state index is 5.22. The van der Waals surface area contributed by atoms with Gasteiger partial charge in [-0.05, 0) is 24.4 Å². The van der Waals surface area contributed by atoms with Crippen LogP contribution in [0.4, 0.5) is 0 Å². The molecule has 2 aromatic heterocycles. The van der Waals surface area contributed by atoms with Crippen LogP contribution in [0, 0.1) is 0 Å². The van der Waals surface area contributed by atoms with E-state index in [-0.39, 0.29) is 0 Å². The fourth-order valence-corrected chi connectivity index (χ4v) is 2.40. The van der Waals surface area contributed by atoms with E-state index in [1.807, 2.05) is 12.1 Å². The zero-order valence-corrected chi connectivity index (χ0v) is 10.8. The van der Waals surface area contributed by atoms with Crippen molar-refractivity contribution in [2.45, 2.75) is 19.5 Å². The number of pyridine rings is 1. The van der Waals surface area contributed by atoms with Gasteiger partial charge in [-0.1, -0.05) is 12.1 Å². The summed E-state index contributed by atoms with van der Waals surface area (Å²) in [6.45, 7) is 2.92. The molecule has 1 unspecified atom stereocenters. The molecule has 3 nitrogen and oxygen atoms in total. The Hall–Kier alpha value is -1.39. The van der Waals surface area contributed by atoms with Gasteiger partial charge in [-0.2, -0.15) is 0 Å². The summed E-state index contributed by atoms with van der Waals surface area (Å²) in [4.78, 5) is 5.52. The molecule has 0 aliphatic rings. The van der Waals surface area contributed by atoms with Crippen LogP contribution in [-0.4, -0.2) is 12.1 Å². The van der Waals surface area contributed by atoms with Gasteiger partial charge in [0.15, 0.2) is 0 Å². The van der Waals surface area contributed by atoms with Crippen LogP contribution >= 0.6 is 11.3 Å². The van der Waals surface area contributed by atoms with Gasteiger partial charge in [0.1, 0.15) is 0 Å².